The van der Waals surface area contributed by atoms with Crippen molar-refractivity contribution in [2.45, 2.75) is 52.6 Å². The molecule has 1 saturated heterocycles. The van der Waals surface area contributed by atoms with Crippen LogP contribution in [0, 0.1) is 13.8 Å². The maximum atomic E-state index is 12.4. The minimum atomic E-state index is -0.258. The fourth-order valence-corrected chi connectivity index (χ4v) is 3.91. The second kappa shape index (κ2) is 9.42. The number of oxazole rings is 1. The number of nitrogens with one attached hydrogen (secondary N) is 1. The Morgan fingerprint density at radius 2 is 1.97 bits per heavy atom. The van der Waals surface area contributed by atoms with Gasteiger partial charge in [0.25, 0.3) is 5.91 Å². The number of aryl methyl sites for hydroxylation is 2. The Morgan fingerprint density at radius 1 is 1.27 bits per heavy atom. The van der Waals surface area contributed by atoms with Gasteiger partial charge in [0.2, 0.25) is 11.7 Å². The third kappa shape index (κ3) is 5.27. The Labute approximate surface area is 177 Å². The first kappa shape index (κ1) is 22.0. The van der Waals surface area contributed by atoms with Gasteiger partial charge >= 0.3 is 0 Å². The summed E-state index contributed by atoms with van der Waals surface area (Å²) in [5, 5.41) is 7.75. The Morgan fingerprint density at radius 3 is 2.53 bits per heavy atom. The van der Waals surface area contributed by atoms with E-state index in [0.717, 1.165) is 43.9 Å². The van der Waals surface area contributed by atoms with E-state index in [2.05, 4.69) is 21.3 Å². The molecule has 0 spiro atoms. The zero-order valence-corrected chi connectivity index (χ0v) is 18.6. The minimum absolute atomic E-state index is 0.139. The monoisotopic (exact) mass is 416 g/mol. The average molecular weight is 417 g/mol. The predicted molar refractivity (Wildman–Crippen MR) is 112 cm³/mol. The molecule has 0 aromatic carbocycles. The molecule has 0 atom stereocenters. The number of carbonyl (C=O) groups excluding carboxylic acids is 2. The van der Waals surface area contributed by atoms with Crippen LogP contribution in [0.25, 0.3) is 0 Å². The number of carbonyl (C=O) groups is 2. The molecule has 30 heavy (non-hydrogen) atoms. The lowest BCUT2D eigenvalue weighted by Crippen LogP contribution is -2.36. The zero-order chi connectivity index (χ0) is 21.8. The molecule has 0 bridgehead atoms. The minimum Gasteiger partial charge on any atom is -0.436 e. The van der Waals surface area contributed by atoms with Crippen molar-refractivity contribution >= 4 is 11.8 Å². The van der Waals surface area contributed by atoms with Gasteiger partial charge in [-0.2, -0.15) is 5.10 Å². The van der Waals surface area contributed by atoms with Crippen molar-refractivity contribution in [1.82, 2.24) is 29.9 Å². The summed E-state index contributed by atoms with van der Waals surface area (Å²) in [7, 11) is 4.05. The quantitative estimate of drug-likeness (QED) is 0.738. The maximum absolute atomic E-state index is 12.4. The van der Waals surface area contributed by atoms with Gasteiger partial charge in [-0.1, -0.05) is 0 Å². The van der Waals surface area contributed by atoms with Crippen LogP contribution in [-0.4, -0.2) is 70.1 Å². The van der Waals surface area contributed by atoms with E-state index in [-0.39, 0.29) is 17.6 Å². The highest BCUT2D eigenvalue weighted by Gasteiger charge is 2.25. The molecule has 164 valence electrons. The summed E-state index contributed by atoms with van der Waals surface area (Å²) in [5.74, 6) is 0.987. The number of nitrogens with zero attached hydrogens (tertiary/aromatic N) is 5. The van der Waals surface area contributed by atoms with Crippen molar-refractivity contribution in [3.05, 3.63) is 34.8 Å². The van der Waals surface area contributed by atoms with Crippen LogP contribution >= 0.6 is 0 Å². The van der Waals surface area contributed by atoms with Gasteiger partial charge in [0.15, 0.2) is 5.89 Å². The van der Waals surface area contributed by atoms with E-state index >= 15 is 0 Å². The SMILES string of the molecule is CC(=O)N1CCC(c2cc(CN(C)C)n(CCNC(=O)c3oc(C)nc3C)n2)CC1. The average Bonchev–Trinajstić information content (AvgIpc) is 3.23. The number of piperidine rings is 1. The van der Waals surface area contributed by atoms with Crippen molar-refractivity contribution in [3.63, 3.8) is 0 Å². The number of hydrogen-bond acceptors (Lipinski definition) is 6. The molecule has 2 aromatic heterocycles. The van der Waals surface area contributed by atoms with Crippen LogP contribution in [0.5, 0.6) is 0 Å². The molecule has 3 rings (SSSR count). The Balaban J connectivity index is 1.64. The molecule has 1 aliphatic heterocycles. The van der Waals surface area contributed by atoms with Crippen LogP contribution in [0.1, 0.15) is 59.2 Å². The molecule has 0 saturated carbocycles. The Bertz CT molecular complexity index is 893. The third-order valence-electron chi connectivity index (χ3n) is 5.44. The Kier molecular flexibility index (Phi) is 6.91. The summed E-state index contributed by atoms with van der Waals surface area (Å²) in [4.78, 5) is 32.1. The lowest BCUT2D eigenvalue weighted by atomic mass is 9.93. The summed E-state index contributed by atoms with van der Waals surface area (Å²) in [6.07, 6.45) is 1.86. The van der Waals surface area contributed by atoms with Gasteiger partial charge in [0.1, 0.15) is 0 Å². The van der Waals surface area contributed by atoms with Gasteiger partial charge in [-0.05, 0) is 39.9 Å². The molecule has 1 fully saturated rings. The van der Waals surface area contributed by atoms with E-state index in [1.54, 1.807) is 20.8 Å². The van der Waals surface area contributed by atoms with Crippen LogP contribution in [0.4, 0.5) is 0 Å². The first-order valence-electron chi connectivity index (χ1n) is 10.4. The third-order valence-corrected chi connectivity index (χ3v) is 5.44. The molecule has 9 nitrogen and oxygen atoms in total. The molecule has 1 N–H and O–H groups in total. The second-order valence-electron chi connectivity index (χ2n) is 8.21. The number of hydrogen-bond donors (Lipinski definition) is 1. The highest BCUT2D eigenvalue weighted by Crippen LogP contribution is 2.28. The normalized spacial score (nSPS) is 15.1. The molecule has 2 amide bonds. The fourth-order valence-electron chi connectivity index (χ4n) is 3.91. The topological polar surface area (TPSA) is 96.5 Å². The highest BCUT2D eigenvalue weighted by atomic mass is 16.4. The lowest BCUT2D eigenvalue weighted by Gasteiger charge is -2.30. The van der Waals surface area contributed by atoms with E-state index in [1.165, 1.54) is 0 Å². The van der Waals surface area contributed by atoms with E-state index in [1.807, 2.05) is 23.7 Å². The van der Waals surface area contributed by atoms with Crippen molar-refractivity contribution < 1.29 is 14.0 Å². The van der Waals surface area contributed by atoms with Gasteiger partial charge in [0, 0.05) is 45.9 Å². The number of aromatic nitrogens is 3. The van der Waals surface area contributed by atoms with Crippen LogP contribution in [-0.2, 0) is 17.9 Å². The van der Waals surface area contributed by atoms with Gasteiger partial charge in [-0.25, -0.2) is 4.98 Å². The predicted octanol–water partition coefficient (Wildman–Crippen LogP) is 1.71. The summed E-state index contributed by atoms with van der Waals surface area (Å²) >= 11 is 0. The van der Waals surface area contributed by atoms with E-state index < -0.39 is 0 Å². The molecule has 9 heteroatoms. The largest absolute Gasteiger partial charge is 0.436 e. The van der Waals surface area contributed by atoms with Crippen molar-refractivity contribution in [2.24, 2.45) is 0 Å². The molecule has 0 radical (unpaired) electrons. The summed E-state index contributed by atoms with van der Waals surface area (Å²) in [6.45, 7) is 8.47. The van der Waals surface area contributed by atoms with Gasteiger partial charge in [-0.15, -0.1) is 0 Å². The molecule has 0 unspecified atom stereocenters. The van der Waals surface area contributed by atoms with E-state index in [0.29, 0.717) is 30.6 Å². The van der Waals surface area contributed by atoms with Crippen molar-refractivity contribution in [1.29, 1.82) is 0 Å². The van der Waals surface area contributed by atoms with Crippen LogP contribution in [0.2, 0.25) is 0 Å². The smallest absolute Gasteiger partial charge is 0.289 e. The van der Waals surface area contributed by atoms with Gasteiger partial charge < -0.3 is 19.5 Å². The Hall–Kier alpha value is -2.68. The van der Waals surface area contributed by atoms with Crippen molar-refractivity contribution in [3.8, 4) is 0 Å². The molecule has 0 aliphatic carbocycles. The van der Waals surface area contributed by atoms with Crippen LogP contribution < -0.4 is 5.32 Å². The van der Waals surface area contributed by atoms with Crippen LogP contribution in [0.3, 0.4) is 0 Å². The van der Waals surface area contributed by atoms with E-state index in [4.69, 9.17) is 9.52 Å². The lowest BCUT2D eigenvalue weighted by molar-refractivity contribution is -0.129. The van der Waals surface area contributed by atoms with Gasteiger partial charge in [-0.3, -0.25) is 14.3 Å². The molecular weight excluding hydrogens is 384 g/mol. The number of rotatable bonds is 7. The van der Waals surface area contributed by atoms with Crippen LogP contribution in [0.15, 0.2) is 10.5 Å². The standard InChI is InChI=1S/C21H32N6O3/c1-14-20(30-15(2)23-14)21(29)22-8-11-27-18(13-25(4)5)12-19(24-27)17-6-9-26(10-7-17)16(3)28/h12,17H,6-11,13H2,1-5H3,(H,22,29). The number of likely N-dealkylation sites (tertiary alicyclic amines) is 1. The summed E-state index contributed by atoms with van der Waals surface area (Å²) in [5.41, 5.74) is 2.78. The maximum Gasteiger partial charge on any atom is 0.289 e. The summed E-state index contributed by atoms with van der Waals surface area (Å²) < 4.78 is 7.36. The first-order valence-corrected chi connectivity index (χ1v) is 10.4. The van der Waals surface area contributed by atoms with E-state index in [9.17, 15) is 9.59 Å². The highest BCUT2D eigenvalue weighted by molar-refractivity contribution is 5.92. The number of amides is 2. The second-order valence-corrected chi connectivity index (χ2v) is 8.21. The zero-order valence-electron chi connectivity index (χ0n) is 18.6. The van der Waals surface area contributed by atoms with Crippen molar-refractivity contribution in [2.75, 3.05) is 33.7 Å². The summed E-state index contributed by atoms with van der Waals surface area (Å²) in [6, 6.07) is 2.17. The first-order chi connectivity index (χ1) is 14.2. The fraction of sp³-hybridized carbons (Fsp3) is 0.619. The molecular formula is C21H32N6O3. The molecule has 1 aliphatic rings. The molecule has 3 heterocycles. The van der Waals surface area contributed by atoms with Gasteiger partial charge in [0.05, 0.1) is 23.6 Å². The molecule has 2 aromatic rings.